The van der Waals surface area contributed by atoms with E-state index in [1.165, 1.54) is 10.4 Å². The van der Waals surface area contributed by atoms with Crippen molar-refractivity contribution < 1.29 is 4.79 Å². The molecular formula is C15H25IN4OS. The summed E-state index contributed by atoms with van der Waals surface area (Å²) in [4.78, 5) is 19.6. The van der Waals surface area contributed by atoms with E-state index in [2.05, 4.69) is 35.6 Å². The summed E-state index contributed by atoms with van der Waals surface area (Å²) in [6.45, 7) is 6.72. The topological polar surface area (TPSA) is 70.7 Å². The van der Waals surface area contributed by atoms with Crippen molar-refractivity contribution in [1.29, 1.82) is 0 Å². The summed E-state index contributed by atoms with van der Waals surface area (Å²) >= 11 is 1.77. The molecule has 0 aliphatic carbocycles. The summed E-state index contributed by atoms with van der Waals surface area (Å²) < 4.78 is 0. The van der Waals surface area contributed by atoms with Crippen LogP contribution in [-0.2, 0) is 17.8 Å². The predicted molar refractivity (Wildman–Crippen MR) is 103 cm³/mol. The molecule has 2 rings (SSSR count). The molecule has 0 atom stereocenters. The standard InChI is InChI=1S/C15H24N4OS.HI/c1-11(2)3-6-17-15(16)18-9-14(20)19-7-4-13-12(10-19)5-8-21-13;/h5,8,11H,3-4,6-7,9-10H2,1-2H3,(H3,16,17,18);1H. The van der Waals surface area contributed by atoms with Gasteiger partial charge >= 0.3 is 0 Å². The van der Waals surface area contributed by atoms with Crippen molar-refractivity contribution in [2.75, 3.05) is 19.6 Å². The van der Waals surface area contributed by atoms with Crippen molar-refractivity contribution >= 4 is 47.2 Å². The Bertz CT molecular complexity index is 515. The number of nitrogens with zero attached hydrogens (tertiary/aromatic N) is 2. The summed E-state index contributed by atoms with van der Waals surface area (Å²) in [5, 5.41) is 5.13. The number of nitrogens with two attached hydrogens (primary N) is 1. The maximum absolute atomic E-state index is 12.2. The Hall–Kier alpha value is -0.830. The van der Waals surface area contributed by atoms with Gasteiger partial charge in [0.2, 0.25) is 5.91 Å². The molecule has 1 amide bonds. The number of rotatable bonds is 5. The van der Waals surface area contributed by atoms with Crippen molar-refractivity contribution in [2.45, 2.75) is 33.2 Å². The summed E-state index contributed by atoms with van der Waals surface area (Å²) in [5.41, 5.74) is 7.04. The van der Waals surface area contributed by atoms with Crippen LogP contribution in [0.25, 0.3) is 0 Å². The molecule has 0 fully saturated rings. The van der Waals surface area contributed by atoms with Gasteiger partial charge in [-0.3, -0.25) is 4.79 Å². The summed E-state index contributed by atoms with van der Waals surface area (Å²) in [6.07, 6.45) is 1.99. The molecule has 2 heterocycles. The highest BCUT2D eigenvalue weighted by Crippen LogP contribution is 2.23. The fourth-order valence-corrected chi connectivity index (χ4v) is 3.15. The van der Waals surface area contributed by atoms with Gasteiger partial charge in [0, 0.05) is 24.5 Å². The van der Waals surface area contributed by atoms with Crippen LogP contribution in [0.3, 0.4) is 0 Å². The van der Waals surface area contributed by atoms with E-state index in [1.807, 2.05) is 4.90 Å². The predicted octanol–water partition coefficient (Wildman–Crippen LogP) is 2.20. The van der Waals surface area contributed by atoms with E-state index < -0.39 is 0 Å². The highest BCUT2D eigenvalue weighted by Gasteiger charge is 2.20. The van der Waals surface area contributed by atoms with Gasteiger partial charge < -0.3 is 16.0 Å². The lowest BCUT2D eigenvalue weighted by Crippen LogP contribution is -2.38. The minimum Gasteiger partial charge on any atom is -0.370 e. The molecule has 7 heteroatoms. The first-order valence-electron chi connectivity index (χ1n) is 7.43. The van der Waals surface area contributed by atoms with Crippen molar-refractivity contribution in [3.63, 3.8) is 0 Å². The molecule has 0 bridgehead atoms. The molecular weight excluding hydrogens is 411 g/mol. The molecule has 1 aromatic rings. The highest BCUT2D eigenvalue weighted by atomic mass is 127. The quantitative estimate of drug-likeness (QED) is 0.423. The summed E-state index contributed by atoms with van der Waals surface area (Å²) in [5.74, 6) is 1.03. The number of guanidine groups is 1. The Morgan fingerprint density at radius 2 is 2.32 bits per heavy atom. The van der Waals surface area contributed by atoms with Crippen LogP contribution in [0.5, 0.6) is 0 Å². The van der Waals surface area contributed by atoms with Crippen LogP contribution in [0.15, 0.2) is 16.4 Å². The molecule has 1 aromatic heterocycles. The first-order chi connectivity index (χ1) is 10.1. The molecule has 0 saturated carbocycles. The molecule has 22 heavy (non-hydrogen) atoms. The second-order valence-electron chi connectivity index (χ2n) is 5.75. The molecule has 0 saturated heterocycles. The van der Waals surface area contributed by atoms with Crippen LogP contribution in [0.2, 0.25) is 0 Å². The Morgan fingerprint density at radius 1 is 1.55 bits per heavy atom. The largest absolute Gasteiger partial charge is 0.370 e. The molecule has 0 aromatic carbocycles. The number of halogens is 1. The average Bonchev–Trinajstić information content (AvgIpc) is 2.91. The maximum atomic E-state index is 12.2. The fourth-order valence-electron chi connectivity index (χ4n) is 2.26. The number of nitrogens with one attached hydrogen (secondary N) is 1. The molecule has 0 radical (unpaired) electrons. The first kappa shape index (κ1) is 19.2. The number of carbonyl (C=O) groups is 1. The van der Waals surface area contributed by atoms with Crippen LogP contribution in [0.4, 0.5) is 0 Å². The average molecular weight is 436 g/mol. The van der Waals surface area contributed by atoms with Gasteiger partial charge in [0.25, 0.3) is 0 Å². The van der Waals surface area contributed by atoms with E-state index in [-0.39, 0.29) is 36.4 Å². The summed E-state index contributed by atoms with van der Waals surface area (Å²) in [7, 11) is 0. The Labute approximate surface area is 153 Å². The summed E-state index contributed by atoms with van der Waals surface area (Å²) in [6, 6.07) is 2.10. The fraction of sp³-hybridized carbons (Fsp3) is 0.600. The van der Waals surface area contributed by atoms with Crippen molar-refractivity contribution in [2.24, 2.45) is 16.6 Å². The van der Waals surface area contributed by atoms with Crippen molar-refractivity contribution in [3.05, 3.63) is 21.9 Å². The smallest absolute Gasteiger partial charge is 0.244 e. The molecule has 1 aliphatic rings. The van der Waals surface area contributed by atoms with Gasteiger partial charge in [0.15, 0.2) is 5.96 Å². The van der Waals surface area contributed by atoms with Gasteiger partial charge in [-0.1, -0.05) is 13.8 Å². The normalized spacial score (nSPS) is 14.5. The van der Waals surface area contributed by atoms with E-state index in [1.54, 1.807) is 11.3 Å². The number of fused-ring (bicyclic) bond motifs is 1. The van der Waals surface area contributed by atoms with Gasteiger partial charge in [0.1, 0.15) is 6.54 Å². The SMILES string of the molecule is CC(C)CCNC(N)=NCC(=O)N1CCc2sccc2C1.I. The zero-order chi connectivity index (χ0) is 15.2. The first-order valence-corrected chi connectivity index (χ1v) is 8.31. The van der Waals surface area contributed by atoms with Gasteiger partial charge in [-0.2, -0.15) is 0 Å². The second kappa shape index (κ2) is 9.34. The third-order valence-corrected chi connectivity index (χ3v) is 4.60. The molecule has 1 aliphatic heterocycles. The molecule has 0 spiro atoms. The van der Waals surface area contributed by atoms with Crippen LogP contribution < -0.4 is 11.1 Å². The number of hydrogen-bond donors (Lipinski definition) is 2. The van der Waals surface area contributed by atoms with Crippen molar-refractivity contribution in [3.8, 4) is 0 Å². The van der Waals surface area contributed by atoms with E-state index in [0.717, 1.165) is 25.9 Å². The minimum absolute atomic E-state index is 0. The lowest BCUT2D eigenvalue weighted by atomic mass is 10.1. The van der Waals surface area contributed by atoms with Crippen LogP contribution >= 0.6 is 35.3 Å². The van der Waals surface area contributed by atoms with E-state index in [4.69, 9.17) is 5.73 Å². The Balaban J connectivity index is 0.00000242. The maximum Gasteiger partial charge on any atom is 0.244 e. The van der Waals surface area contributed by atoms with Gasteiger partial charge in [-0.25, -0.2) is 4.99 Å². The zero-order valence-corrected chi connectivity index (χ0v) is 16.3. The number of aliphatic imine (C=N–C) groups is 1. The van der Waals surface area contributed by atoms with Gasteiger partial charge in [0.05, 0.1) is 0 Å². The molecule has 3 N–H and O–H groups in total. The number of carbonyl (C=O) groups excluding carboxylic acids is 1. The minimum atomic E-state index is 0. The van der Waals surface area contributed by atoms with Crippen molar-refractivity contribution in [1.82, 2.24) is 10.2 Å². The van der Waals surface area contributed by atoms with Gasteiger partial charge in [-0.05, 0) is 35.8 Å². The lowest BCUT2D eigenvalue weighted by molar-refractivity contribution is -0.130. The zero-order valence-electron chi connectivity index (χ0n) is 13.2. The van der Waals surface area contributed by atoms with Crippen LogP contribution in [0, 0.1) is 5.92 Å². The Kier molecular flexibility index (Phi) is 8.16. The van der Waals surface area contributed by atoms with E-state index in [9.17, 15) is 4.79 Å². The Morgan fingerprint density at radius 3 is 3.05 bits per heavy atom. The van der Waals surface area contributed by atoms with Gasteiger partial charge in [-0.15, -0.1) is 35.3 Å². The lowest BCUT2D eigenvalue weighted by Gasteiger charge is -2.26. The molecule has 5 nitrogen and oxygen atoms in total. The monoisotopic (exact) mass is 436 g/mol. The third-order valence-electron chi connectivity index (χ3n) is 3.57. The van der Waals surface area contributed by atoms with E-state index in [0.29, 0.717) is 18.4 Å². The van der Waals surface area contributed by atoms with Crippen LogP contribution in [0.1, 0.15) is 30.7 Å². The highest BCUT2D eigenvalue weighted by molar-refractivity contribution is 14.0. The second-order valence-corrected chi connectivity index (χ2v) is 6.75. The third kappa shape index (κ3) is 5.75. The molecule has 124 valence electrons. The van der Waals surface area contributed by atoms with Crippen LogP contribution in [-0.4, -0.2) is 36.4 Å². The van der Waals surface area contributed by atoms with E-state index >= 15 is 0 Å². The number of hydrogen-bond acceptors (Lipinski definition) is 3. The number of thiophene rings is 1. The number of amides is 1. The molecule has 0 unspecified atom stereocenters.